The standard InChI is InChI=1S/C14H12BrF2NS/c15-10-5-1-2-7-13(10)19-8-12(18)9-4-3-6-11(16)14(9)17/h1-7,12H,8,18H2. The Morgan fingerprint density at radius 2 is 1.84 bits per heavy atom. The van der Waals surface area contributed by atoms with E-state index in [2.05, 4.69) is 15.9 Å². The topological polar surface area (TPSA) is 26.0 Å². The molecule has 2 rings (SSSR count). The number of hydrogen-bond acceptors (Lipinski definition) is 2. The fourth-order valence-corrected chi connectivity index (χ4v) is 3.19. The predicted molar refractivity (Wildman–Crippen MR) is 78.2 cm³/mol. The van der Waals surface area contributed by atoms with Crippen LogP contribution in [0.4, 0.5) is 8.78 Å². The fourth-order valence-electron chi connectivity index (χ4n) is 1.64. The number of nitrogens with two attached hydrogens (primary N) is 1. The van der Waals surface area contributed by atoms with Gasteiger partial charge in [0.05, 0.1) is 0 Å². The van der Waals surface area contributed by atoms with Crippen LogP contribution < -0.4 is 5.73 Å². The third kappa shape index (κ3) is 3.55. The number of rotatable bonds is 4. The van der Waals surface area contributed by atoms with E-state index in [9.17, 15) is 8.78 Å². The van der Waals surface area contributed by atoms with E-state index in [0.717, 1.165) is 15.4 Å². The molecule has 0 fully saturated rings. The minimum Gasteiger partial charge on any atom is -0.323 e. The van der Waals surface area contributed by atoms with Gasteiger partial charge < -0.3 is 5.73 Å². The second kappa shape index (κ2) is 6.50. The van der Waals surface area contributed by atoms with E-state index in [1.165, 1.54) is 23.9 Å². The first-order valence-electron chi connectivity index (χ1n) is 5.66. The second-order valence-electron chi connectivity index (χ2n) is 3.99. The van der Waals surface area contributed by atoms with Crippen LogP contribution in [0.25, 0.3) is 0 Å². The number of benzene rings is 2. The van der Waals surface area contributed by atoms with Crippen LogP contribution in [0.15, 0.2) is 51.8 Å². The SMILES string of the molecule is NC(CSc1ccccc1Br)c1cccc(F)c1F. The van der Waals surface area contributed by atoms with E-state index in [1.54, 1.807) is 0 Å². The molecule has 1 nitrogen and oxygen atoms in total. The number of thioether (sulfide) groups is 1. The molecule has 0 aliphatic rings. The van der Waals surface area contributed by atoms with Gasteiger partial charge in [0.2, 0.25) is 0 Å². The summed E-state index contributed by atoms with van der Waals surface area (Å²) in [5.74, 6) is -1.25. The maximum absolute atomic E-state index is 13.6. The van der Waals surface area contributed by atoms with Gasteiger partial charge in [-0.25, -0.2) is 8.78 Å². The highest BCUT2D eigenvalue weighted by molar-refractivity contribution is 9.10. The minimum absolute atomic E-state index is 0.208. The first-order valence-corrected chi connectivity index (χ1v) is 7.44. The van der Waals surface area contributed by atoms with Gasteiger partial charge in [-0.1, -0.05) is 24.3 Å². The summed E-state index contributed by atoms with van der Waals surface area (Å²) in [7, 11) is 0. The maximum Gasteiger partial charge on any atom is 0.163 e. The molecule has 0 aromatic heterocycles. The monoisotopic (exact) mass is 343 g/mol. The van der Waals surface area contributed by atoms with E-state index in [4.69, 9.17) is 5.73 Å². The summed E-state index contributed by atoms with van der Waals surface area (Å²) in [4.78, 5) is 1.02. The Labute approximate surface area is 123 Å². The van der Waals surface area contributed by atoms with Gasteiger partial charge in [0.1, 0.15) is 0 Å². The average molecular weight is 344 g/mol. The molecular formula is C14H12BrF2NS. The smallest absolute Gasteiger partial charge is 0.163 e. The maximum atomic E-state index is 13.6. The van der Waals surface area contributed by atoms with Crippen molar-refractivity contribution in [3.05, 3.63) is 64.1 Å². The first kappa shape index (κ1) is 14.5. The number of hydrogen-bond donors (Lipinski definition) is 1. The van der Waals surface area contributed by atoms with Gasteiger partial charge in [-0.15, -0.1) is 11.8 Å². The summed E-state index contributed by atoms with van der Waals surface area (Å²) in [5.41, 5.74) is 6.13. The molecule has 5 heteroatoms. The van der Waals surface area contributed by atoms with Crippen LogP contribution in [0.3, 0.4) is 0 Å². The van der Waals surface area contributed by atoms with Gasteiger partial charge in [0.25, 0.3) is 0 Å². The van der Waals surface area contributed by atoms with E-state index in [1.807, 2.05) is 24.3 Å². The van der Waals surface area contributed by atoms with Crippen LogP contribution in [0.2, 0.25) is 0 Å². The molecule has 0 saturated heterocycles. The Bertz CT molecular complexity index is 577. The summed E-state index contributed by atoms with van der Waals surface area (Å²) in [6, 6.07) is 11.2. The second-order valence-corrected chi connectivity index (χ2v) is 5.91. The Morgan fingerprint density at radius 3 is 2.58 bits per heavy atom. The van der Waals surface area contributed by atoms with Crippen molar-refractivity contribution in [1.82, 2.24) is 0 Å². The molecule has 2 N–H and O–H groups in total. The lowest BCUT2D eigenvalue weighted by Gasteiger charge is -2.13. The van der Waals surface area contributed by atoms with E-state index in [0.29, 0.717) is 5.75 Å². The number of halogens is 3. The van der Waals surface area contributed by atoms with Crippen LogP contribution in [0.1, 0.15) is 11.6 Å². The lowest BCUT2D eigenvalue weighted by molar-refractivity contribution is 0.493. The molecular weight excluding hydrogens is 332 g/mol. The van der Waals surface area contributed by atoms with Crippen molar-refractivity contribution in [2.75, 3.05) is 5.75 Å². The third-order valence-corrected chi connectivity index (χ3v) is 4.78. The molecule has 2 aromatic rings. The summed E-state index contributed by atoms with van der Waals surface area (Å²) in [6.07, 6.45) is 0. The van der Waals surface area contributed by atoms with Crippen molar-refractivity contribution in [1.29, 1.82) is 0 Å². The zero-order valence-corrected chi connectivity index (χ0v) is 12.3. The molecule has 0 heterocycles. The zero-order chi connectivity index (χ0) is 13.8. The van der Waals surface area contributed by atoms with Crippen LogP contribution in [-0.4, -0.2) is 5.75 Å². The molecule has 1 unspecified atom stereocenters. The van der Waals surface area contributed by atoms with E-state index in [-0.39, 0.29) is 5.56 Å². The Morgan fingerprint density at radius 1 is 1.11 bits per heavy atom. The lowest BCUT2D eigenvalue weighted by Crippen LogP contribution is -2.15. The van der Waals surface area contributed by atoms with Gasteiger partial charge in [0, 0.05) is 26.7 Å². The average Bonchev–Trinajstić information content (AvgIpc) is 2.40. The predicted octanol–water partition coefficient (Wildman–Crippen LogP) is 4.52. The van der Waals surface area contributed by atoms with Crippen LogP contribution in [-0.2, 0) is 0 Å². The molecule has 0 bridgehead atoms. The van der Waals surface area contributed by atoms with Crippen molar-refractivity contribution in [3.63, 3.8) is 0 Å². The Kier molecular flexibility index (Phi) is 4.96. The molecule has 0 aliphatic heterocycles. The van der Waals surface area contributed by atoms with Gasteiger partial charge >= 0.3 is 0 Å². The van der Waals surface area contributed by atoms with E-state index >= 15 is 0 Å². The summed E-state index contributed by atoms with van der Waals surface area (Å²) < 4.78 is 27.7. The molecule has 1 atom stereocenters. The van der Waals surface area contributed by atoms with Crippen LogP contribution in [0, 0.1) is 11.6 Å². The van der Waals surface area contributed by atoms with E-state index < -0.39 is 17.7 Å². The van der Waals surface area contributed by atoms with Crippen LogP contribution in [0.5, 0.6) is 0 Å². The van der Waals surface area contributed by atoms with Gasteiger partial charge in [-0.2, -0.15) is 0 Å². The van der Waals surface area contributed by atoms with Crippen molar-refractivity contribution in [2.24, 2.45) is 5.73 Å². The van der Waals surface area contributed by atoms with Crippen molar-refractivity contribution in [2.45, 2.75) is 10.9 Å². The summed E-state index contributed by atoms with van der Waals surface area (Å²) >= 11 is 4.94. The van der Waals surface area contributed by atoms with Crippen molar-refractivity contribution < 1.29 is 8.78 Å². The highest BCUT2D eigenvalue weighted by atomic mass is 79.9. The third-order valence-electron chi connectivity index (χ3n) is 2.64. The molecule has 0 spiro atoms. The minimum atomic E-state index is -0.862. The zero-order valence-electron chi connectivity index (χ0n) is 9.95. The van der Waals surface area contributed by atoms with Crippen molar-refractivity contribution >= 4 is 27.7 Å². The molecule has 0 radical (unpaired) electrons. The summed E-state index contributed by atoms with van der Waals surface area (Å²) in [5, 5.41) is 0. The quantitative estimate of drug-likeness (QED) is 0.826. The molecule has 0 saturated carbocycles. The van der Waals surface area contributed by atoms with Gasteiger partial charge in [-0.3, -0.25) is 0 Å². The molecule has 100 valence electrons. The molecule has 19 heavy (non-hydrogen) atoms. The molecule has 2 aromatic carbocycles. The van der Waals surface area contributed by atoms with Gasteiger partial charge in [0.15, 0.2) is 11.6 Å². The highest BCUT2D eigenvalue weighted by Crippen LogP contribution is 2.30. The fraction of sp³-hybridized carbons (Fsp3) is 0.143. The Balaban J connectivity index is 2.08. The largest absolute Gasteiger partial charge is 0.323 e. The van der Waals surface area contributed by atoms with Crippen molar-refractivity contribution in [3.8, 4) is 0 Å². The first-order chi connectivity index (χ1) is 9.09. The highest BCUT2D eigenvalue weighted by Gasteiger charge is 2.15. The summed E-state index contributed by atoms with van der Waals surface area (Å²) in [6.45, 7) is 0. The van der Waals surface area contributed by atoms with Gasteiger partial charge in [-0.05, 0) is 34.1 Å². The lowest BCUT2D eigenvalue weighted by atomic mass is 10.1. The molecule has 0 aliphatic carbocycles. The molecule has 0 amide bonds. The normalized spacial score (nSPS) is 12.4. The van der Waals surface area contributed by atoms with Crippen LogP contribution >= 0.6 is 27.7 Å². The Hall–Kier alpha value is -0.910.